The summed E-state index contributed by atoms with van der Waals surface area (Å²) in [5, 5.41) is 13.0. The number of rotatable bonds is 2. The second-order valence-corrected chi connectivity index (χ2v) is 6.16. The van der Waals surface area contributed by atoms with Crippen molar-refractivity contribution < 1.29 is 17.6 Å². The molecule has 2 aromatic heterocycles. The Morgan fingerprint density at radius 3 is 2.12 bits per heavy atom. The van der Waals surface area contributed by atoms with Gasteiger partial charge in [-0.25, -0.2) is 4.39 Å². The van der Waals surface area contributed by atoms with E-state index in [-0.39, 0.29) is 5.82 Å². The van der Waals surface area contributed by atoms with E-state index in [4.69, 9.17) is 0 Å². The molecule has 4 rings (SSSR count). The molecule has 0 amide bonds. The van der Waals surface area contributed by atoms with Crippen LogP contribution in [0.4, 0.5) is 17.6 Å². The van der Waals surface area contributed by atoms with Crippen LogP contribution < -0.4 is 0 Å². The summed E-state index contributed by atoms with van der Waals surface area (Å²) in [7, 11) is 0. The van der Waals surface area contributed by atoms with Gasteiger partial charge < -0.3 is 0 Å². The quantitative estimate of drug-likeness (QED) is 0.485. The first-order valence-corrected chi connectivity index (χ1v) is 7.89. The van der Waals surface area contributed by atoms with Crippen molar-refractivity contribution in [2.45, 2.75) is 6.18 Å². The molecule has 126 valence electrons. The van der Waals surface area contributed by atoms with Crippen LogP contribution in [0.1, 0.15) is 5.56 Å². The van der Waals surface area contributed by atoms with E-state index in [2.05, 4.69) is 15.3 Å². The summed E-state index contributed by atoms with van der Waals surface area (Å²) in [4.78, 5) is 0.495. The number of fused-ring (bicyclic) bond motifs is 1. The van der Waals surface area contributed by atoms with Crippen molar-refractivity contribution in [1.82, 2.24) is 19.8 Å². The number of nitrogens with zero attached hydrogens (tertiary/aromatic N) is 4. The summed E-state index contributed by atoms with van der Waals surface area (Å²) >= 11 is 1.25. The highest BCUT2D eigenvalue weighted by atomic mass is 32.1. The molecular formula is C16H8F4N4S. The van der Waals surface area contributed by atoms with Crippen LogP contribution in [-0.2, 0) is 6.18 Å². The monoisotopic (exact) mass is 364 g/mol. The molecule has 2 heterocycles. The zero-order valence-electron chi connectivity index (χ0n) is 12.3. The first-order chi connectivity index (χ1) is 11.9. The second kappa shape index (κ2) is 5.62. The SMILES string of the molecule is Fc1ccc(-c2nn3c(-c4ccc(C(F)(F)F)cc4)nnc3s2)cc1. The van der Waals surface area contributed by atoms with Gasteiger partial charge in [0, 0.05) is 11.1 Å². The van der Waals surface area contributed by atoms with E-state index in [9.17, 15) is 17.6 Å². The zero-order valence-corrected chi connectivity index (χ0v) is 13.1. The van der Waals surface area contributed by atoms with Gasteiger partial charge in [0.05, 0.1) is 5.56 Å². The molecule has 0 spiro atoms. The van der Waals surface area contributed by atoms with Crippen molar-refractivity contribution in [3.8, 4) is 22.0 Å². The third-order valence-electron chi connectivity index (χ3n) is 3.55. The predicted octanol–water partition coefficient (Wildman–Crippen LogP) is 4.68. The number of benzene rings is 2. The minimum Gasteiger partial charge on any atom is -0.207 e. The highest BCUT2D eigenvalue weighted by molar-refractivity contribution is 7.19. The maximum Gasteiger partial charge on any atom is 0.416 e. The van der Waals surface area contributed by atoms with E-state index in [0.29, 0.717) is 21.4 Å². The lowest BCUT2D eigenvalue weighted by Crippen LogP contribution is -2.04. The minimum atomic E-state index is -4.39. The van der Waals surface area contributed by atoms with Gasteiger partial charge in [-0.1, -0.05) is 23.5 Å². The van der Waals surface area contributed by atoms with Gasteiger partial charge >= 0.3 is 6.18 Å². The lowest BCUT2D eigenvalue weighted by atomic mass is 10.1. The van der Waals surface area contributed by atoms with Crippen molar-refractivity contribution in [2.75, 3.05) is 0 Å². The summed E-state index contributed by atoms with van der Waals surface area (Å²) in [5.41, 5.74) is 0.453. The van der Waals surface area contributed by atoms with E-state index in [1.807, 2.05) is 0 Å². The van der Waals surface area contributed by atoms with Crippen molar-refractivity contribution in [1.29, 1.82) is 0 Å². The normalized spacial score (nSPS) is 12.0. The maximum absolute atomic E-state index is 13.0. The molecule has 0 unspecified atom stereocenters. The Kier molecular flexibility index (Phi) is 3.53. The minimum absolute atomic E-state index is 0.341. The molecular weight excluding hydrogens is 356 g/mol. The first-order valence-electron chi connectivity index (χ1n) is 7.07. The fourth-order valence-corrected chi connectivity index (χ4v) is 3.16. The third-order valence-corrected chi connectivity index (χ3v) is 4.50. The molecule has 25 heavy (non-hydrogen) atoms. The summed E-state index contributed by atoms with van der Waals surface area (Å²) < 4.78 is 52.5. The van der Waals surface area contributed by atoms with Crippen molar-refractivity contribution in [3.05, 3.63) is 59.9 Å². The molecule has 0 fully saturated rings. The molecule has 4 nitrogen and oxygen atoms in total. The van der Waals surface area contributed by atoms with Crippen LogP contribution >= 0.6 is 11.3 Å². The standard InChI is InChI=1S/C16H8F4N4S/c17-12-7-3-10(4-8-12)14-23-24-13(21-22-15(24)25-14)9-1-5-11(6-2-9)16(18,19)20/h1-8H. The maximum atomic E-state index is 13.0. The Bertz CT molecular complexity index is 1030. The van der Waals surface area contributed by atoms with Gasteiger partial charge in [-0.3, -0.25) is 0 Å². The Morgan fingerprint density at radius 2 is 1.48 bits per heavy atom. The van der Waals surface area contributed by atoms with Gasteiger partial charge in [0.2, 0.25) is 4.96 Å². The highest BCUT2D eigenvalue weighted by Crippen LogP contribution is 2.32. The van der Waals surface area contributed by atoms with Gasteiger partial charge in [0.1, 0.15) is 10.8 Å². The molecule has 0 aliphatic carbocycles. The molecule has 2 aromatic carbocycles. The molecule has 0 radical (unpaired) electrons. The molecule has 4 aromatic rings. The number of aromatic nitrogens is 4. The van der Waals surface area contributed by atoms with Crippen LogP contribution in [0, 0.1) is 5.82 Å². The molecule has 0 aliphatic heterocycles. The summed E-state index contributed by atoms with van der Waals surface area (Å²) in [6.45, 7) is 0. The van der Waals surface area contributed by atoms with Crippen LogP contribution in [0.5, 0.6) is 0 Å². The molecule has 0 aliphatic rings. The number of alkyl halides is 3. The topological polar surface area (TPSA) is 43.1 Å². The average molecular weight is 364 g/mol. The molecule has 0 saturated carbocycles. The van der Waals surface area contributed by atoms with E-state index >= 15 is 0 Å². The van der Waals surface area contributed by atoms with E-state index in [1.165, 1.54) is 40.1 Å². The zero-order chi connectivity index (χ0) is 17.6. The van der Waals surface area contributed by atoms with Gasteiger partial charge in [-0.15, -0.1) is 10.2 Å². The van der Waals surface area contributed by atoms with Crippen LogP contribution in [-0.4, -0.2) is 19.8 Å². The Balaban J connectivity index is 1.74. The lowest BCUT2D eigenvalue weighted by Gasteiger charge is -2.06. The molecule has 0 N–H and O–H groups in total. The fraction of sp³-hybridized carbons (Fsp3) is 0.0625. The molecule has 0 bridgehead atoms. The number of hydrogen-bond acceptors (Lipinski definition) is 4. The Labute approximate surface area is 142 Å². The number of hydrogen-bond donors (Lipinski definition) is 0. The third kappa shape index (κ3) is 2.86. The summed E-state index contributed by atoms with van der Waals surface area (Å²) in [6, 6.07) is 10.5. The summed E-state index contributed by atoms with van der Waals surface area (Å²) in [6.07, 6.45) is -4.39. The van der Waals surface area contributed by atoms with Gasteiger partial charge in [0.15, 0.2) is 5.82 Å². The molecule has 9 heteroatoms. The predicted molar refractivity (Wildman–Crippen MR) is 84.5 cm³/mol. The van der Waals surface area contributed by atoms with Crippen molar-refractivity contribution >= 4 is 16.3 Å². The van der Waals surface area contributed by atoms with Crippen molar-refractivity contribution in [3.63, 3.8) is 0 Å². The van der Waals surface area contributed by atoms with Crippen LogP contribution in [0.3, 0.4) is 0 Å². The molecule has 0 saturated heterocycles. The Hall–Kier alpha value is -2.81. The van der Waals surface area contributed by atoms with Crippen LogP contribution in [0.25, 0.3) is 26.9 Å². The summed E-state index contributed by atoms with van der Waals surface area (Å²) in [5.74, 6) is -0.00877. The van der Waals surface area contributed by atoms with Gasteiger partial charge in [-0.2, -0.15) is 22.8 Å². The second-order valence-electron chi connectivity index (χ2n) is 5.21. The Morgan fingerprint density at radius 1 is 0.840 bits per heavy atom. The van der Waals surface area contributed by atoms with E-state index in [1.54, 1.807) is 12.1 Å². The largest absolute Gasteiger partial charge is 0.416 e. The lowest BCUT2D eigenvalue weighted by molar-refractivity contribution is -0.137. The smallest absolute Gasteiger partial charge is 0.207 e. The average Bonchev–Trinajstić information content (AvgIpc) is 3.15. The van der Waals surface area contributed by atoms with Crippen LogP contribution in [0.2, 0.25) is 0 Å². The molecule has 0 atom stereocenters. The highest BCUT2D eigenvalue weighted by Gasteiger charge is 2.30. The first kappa shape index (κ1) is 15.7. The van der Waals surface area contributed by atoms with E-state index in [0.717, 1.165) is 17.7 Å². The number of halogens is 4. The van der Waals surface area contributed by atoms with E-state index < -0.39 is 11.7 Å². The fourth-order valence-electron chi connectivity index (χ4n) is 2.31. The van der Waals surface area contributed by atoms with Gasteiger partial charge in [0.25, 0.3) is 0 Å². The van der Waals surface area contributed by atoms with Gasteiger partial charge in [-0.05, 0) is 36.4 Å². The van der Waals surface area contributed by atoms with Crippen molar-refractivity contribution in [2.24, 2.45) is 0 Å². The van der Waals surface area contributed by atoms with Crippen LogP contribution in [0.15, 0.2) is 48.5 Å².